The highest BCUT2D eigenvalue weighted by molar-refractivity contribution is 5.85. The predicted octanol–water partition coefficient (Wildman–Crippen LogP) is 7.84. The van der Waals surface area contributed by atoms with Crippen molar-refractivity contribution in [2.75, 3.05) is 0 Å². The summed E-state index contributed by atoms with van der Waals surface area (Å²) < 4.78 is 15.0. The minimum atomic E-state index is -0.216. The molecular formula is C28H31F. The van der Waals surface area contributed by atoms with Gasteiger partial charge < -0.3 is 0 Å². The zero-order valence-corrected chi connectivity index (χ0v) is 17.7. The van der Waals surface area contributed by atoms with Crippen LogP contribution in [-0.4, -0.2) is 0 Å². The number of benzene rings is 3. The van der Waals surface area contributed by atoms with E-state index in [9.17, 15) is 4.39 Å². The number of hydrogen-bond acceptors (Lipinski definition) is 0. The molecular weight excluding hydrogens is 355 g/mol. The maximum absolute atomic E-state index is 15.0. The monoisotopic (exact) mass is 386 g/mol. The first-order valence-corrected chi connectivity index (χ1v) is 11.0. The Bertz CT molecular complexity index is 986. The normalized spacial score (nSPS) is 10.7. The number of unbranched alkanes of at least 4 members (excludes halogenated alkanes) is 4. The van der Waals surface area contributed by atoms with Crippen molar-refractivity contribution in [3.8, 4) is 11.8 Å². The fourth-order valence-electron chi connectivity index (χ4n) is 3.71. The van der Waals surface area contributed by atoms with E-state index in [2.05, 4.69) is 50.0 Å². The molecule has 0 spiro atoms. The van der Waals surface area contributed by atoms with Crippen molar-refractivity contribution in [3.05, 3.63) is 82.7 Å². The molecule has 0 unspecified atom stereocenters. The summed E-state index contributed by atoms with van der Waals surface area (Å²) >= 11 is 0. The molecule has 0 heterocycles. The first-order valence-electron chi connectivity index (χ1n) is 11.0. The summed E-state index contributed by atoms with van der Waals surface area (Å²) in [5.41, 5.74) is 3.99. The number of fused-ring (bicyclic) bond motifs is 1. The first kappa shape index (κ1) is 21.1. The minimum absolute atomic E-state index is 0.216. The van der Waals surface area contributed by atoms with Crippen molar-refractivity contribution in [2.24, 2.45) is 0 Å². The molecule has 3 aromatic rings. The highest BCUT2D eigenvalue weighted by Gasteiger charge is 2.06. The fourth-order valence-corrected chi connectivity index (χ4v) is 3.71. The Balaban J connectivity index is 1.72. The van der Waals surface area contributed by atoms with Crippen LogP contribution in [0.2, 0.25) is 0 Å². The van der Waals surface area contributed by atoms with Crippen LogP contribution in [0.3, 0.4) is 0 Å². The Morgan fingerprint density at radius 1 is 0.690 bits per heavy atom. The van der Waals surface area contributed by atoms with Gasteiger partial charge in [0.05, 0.1) is 5.56 Å². The molecule has 0 fully saturated rings. The molecule has 150 valence electrons. The van der Waals surface area contributed by atoms with Gasteiger partial charge in [0, 0.05) is 10.9 Å². The average Bonchev–Trinajstić information content (AvgIpc) is 2.74. The van der Waals surface area contributed by atoms with Gasteiger partial charge in [-0.25, -0.2) is 4.39 Å². The molecule has 0 bridgehead atoms. The van der Waals surface area contributed by atoms with Gasteiger partial charge in [0.25, 0.3) is 0 Å². The second-order valence-electron chi connectivity index (χ2n) is 7.84. The van der Waals surface area contributed by atoms with Crippen LogP contribution in [0.4, 0.5) is 4.39 Å². The van der Waals surface area contributed by atoms with Crippen LogP contribution in [0.5, 0.6) is 0 Å². The molecule has 0 atom stereocenters. The maximum atomic E-state index is 15.0. The molecule has 0 aliphatic heterocycles. The molecule has 3 aromatic carbocycles. The van der Waals surface area contributed by atoms with Crippen molar-refractivity contribution in [2.45, 2.75) is 65.2 Å². The van der Waals surface area contributed by atoms with Gasteiger partial charge in [-0.3, -0.25) is 0 Å². The van der Waals surface area contributed by atoms with E-state index in [1.807, 2.05) is 24.3 Å². The summed E-state index contributed by atoms with van der Waals surface area (Å²) in [6.07, 6.45) is 9.64. The van der Waals surface area contributed by atoms with Crippen LogP contribution in [0, 0.1) is 17.7 Å². The second-order valence-corrected chi connectivity index (χ2v) is 7.84. The van der Waals surface area contributed by atoms with Crippen molar-refractivity contribution < 1.29 is 4.39 Å². The van der Waals surface area contributed by atoms with E-state index in [0.717, 1.165) is 30.2 Å². The summed E-state index contributed by atoms with van der Waals surface area (Å²) in [4.78, 5) is 0. The summed E-state index contributed by atoms with van der Waals surface area (Å²) in [7, 11) is 0. The van der Waals surface area contributed by atoms with E-state index in [4.69, 9.17) is 0 Å². The summed E-state index contributed by atoms with van der Waals surface area (Å²) in [6, 6.07) is 18.2. The Hall–Kier alpha value is -2.59. The summed E-state index contributed by atoms with van der Waals surface area (Å²) in [5, 5.41) is 1.62. The van der Waals surface area contributed by atoms with Gasteiger partial charge >= 0.3 is 0 Å². The Morgan fingerprint density at radius 2 is 1.45 bits per heavy atom. The van der Waals surface area contributed by atoms with Gasteiger partial charge in [0.15, 0.2) is 0 Å². The third kappa shape index (κ3) is 5.94. The van der Waals surface area contributed by atoms with Crippen molar-refractivity contribution in [1.29, 1.82) is 0 Å². The lowest BCUT2D eigenvalue weighted by Gasteiger charge is -2.06. The Morgan fingerprint density at radius 3 is 2.21 bits per heavy atom. The number of rotatable bonds is 8. The Kier molecular flexibility index (Phi) is 7.88. The van der Waals surface area contributed by atoms with Crippen molar-refractivity contribution in [3.63, 3.8) is 0 Å². The number of halogens is 1. The zero-order chi connectivity index (χ0) is 20.5. The molecule has 3 rings (SSSR count). The standard InChI is InChI=1S/C28H31F/c1-3-5-6-7-8-10-24-16-20-27-26(21-24)19-18-25(28(27)29)17-15-23-13-11-22(9-4-2)12-14-23/h11-14,16,18-21H,3-10H2,1-2H3. The van der Waals surface area contributed by atoms with Gasteiger partial charge in [-0.1, -0.05) is 94.2 Å². The molecule has 0 nitrogen and oxygen atoms in total. The molecule has 0 aliphatic rings. The topological polar surface area (TPSA) is 0 Å². The van der Waals surface area contributed by atoms with Gasteiger partial charge in [-0.05, 0) is 54.0 Å². The van der Waals surface area contributed by atoms with Crippen LogP contribution >= 0.6 is 0 Å². The Labute approximate surface area is 175 Å². The van der Waals surface area contributed by atoms with E-state index in [1.54, 1.807) is 6.07 Å². The van der Waals surface area contributed by atoms with Gasteiger partial charge in [-0.2, -0.15) is 0 Å². The van der Waals surface area contributed by atoms with Gasteiger partial charge in [-0.15, -0.1) is 0 Å². The minimum Gasteiger partial charge on any atom is -0.205 e. The lowest BCUT2D eigenvalue weighted by atomic mass is 10.00. The molecule has 0 saturated heterocycles. The highest BCUT2D eigenvalue weighted by atomic mass is 19.1. The maximum Gasteiger partial charge on any atom is 0.146 e. The molecule has 0 aromatic heterocycles. The van der Waals surface area contributed by atoms with E-state index in [-0.39, 0.29) is 5.82 Å². The molecule has 0 aliphatic carbocycles. The number of hydrogen-bond donors (Lipinski definition) is 0. The third-order valence-corrected chi connectivity index (χ3v) is 5.42. The van der Waals surface area contributed by atoms with Crippen LogP contribution in [0.25, 0.3) is 10.8 Å². The van der Waals surface area contributed by atoms with Crippen LogP contribution in [0.1, 0.15) is 74.6 Å². The van der Waals surface area contributed by atoms with Crippen molar-refractivity contribution >= 4 is 10.8 Å². The highest BCUT2D eigenvalue weighted by Crippen LogP contribution is 2.23. The van der Waals surface area contributed by atoms with Crippen LogP contribution < -0.4 is 0 Å². The van der Waals surface area contributed by atoms with Crippen LogP contribution in [0.15, 0.2) is 54.6 Å². The summed E-state index contributed by atoms with van der Waals surface area (Å²) in [6.45, 7) is 4.41. The molecule has 0 amide bonds. The third-order valence-electron chi connectivity index (χ3n) is 5.42. The van der Waals surface area contributed by atoms with Gasteiger partial charge in [0.1, 0.15) is 5.82 Å². The molecule has 0 saturated carbocycles. The summed E-state index contributed by atoms with van der Waals surface area (Å²) in [5.74, 6) is 5.90. The SMILES string of the molecule is CCCCCCCc1ccc2c(F)c(C#Cc3ccc(CCC)cc3)ccc2c1. The predicted molar refractivity (Wildman–Crippen MR) is 123 cm³/mol. The fraction of sp³-hybridized carbons (Fsp3) is 0.357. The second kappa shape index (κ2) is 10.8. The van der Waals surface area contributed by atoms with E-state index >= 15 is 0 Å². The molecule has 0 N–H and O–H groups in total. The molecule has 0 radical (unpaired) electrons. The van der Waals surface area contributed by atoms with Crippen LogP contribution in [-0.2, 0) is 12.8 Å². The van der Waals surface area contributed by atoms with E-state index < -0.39 is 0 Å². The smallest absolute Gasteiger partial charge is 0.146 e. The lowest BCUT2D eigenvalue weighted by Crippen LogP contribution is -1.90. The molecule has 1 heteroatoms. The lowest BCUT2D eigenvalue weighted by molar-refractivity contribution is 0.631. The number of aryl methyl sites for hydroxylation is 2. The average molecular weight is 387 g/mol. The molecule has 29 heavy (non-hydrogen) atoms. The van der Waals surface area contributed by atoms with Gasteiger partial charge in [0.2, 0.25) is 0 Å². The van der Waals surface area contributed by atoms with E-state index in [1.165, 1.54) is 43.2 Å². The van der Waals surface area contributed by atoms with E-state index in [0.29, 0.717) is 10.9 Å². The quantitative estimate of drug-likeness (QED) is 0.273. The zero-order valence-electron chi connectivity index (χ0n) is 17.7. The largest absolute Gasteiger partial charge is 0.205 e. The van der Waals surface area contributed by atoms with Crippen molar-refractivity contribution in [1.82, 2.24) is 0 Å². The first-order chi connectivity index (χ1) is 14.2.